The maximum atomic E-state index is 12.8. The van der Waals surface area contributed by atoms with E-state index in [0.29, 0.717) is 23.1 Å². The second kappa shape index (κ2) is 6.65. The Hall–Kier alpha value is -3.29. The van der Waals surface area contributed by atoms with Crippen LogP contribution in [0, 0.1) is 0 Å². The van der Waals surface area contributed by atoms with Crippen LogP contribution in [0.3, 0.4) is 0 Å². The van der Waals surface area contributed by atoms with Crippen molar-refractivity contribution in [1.29, 1.82) is 0 Å². The number of imide groups is 1. The van der Waals surface area contributed by atoms with Crippen LogP contribution >= 0.6 is 0 Å². The molecule has 7 heteroatoms. The van der Waals surface area contributed by atoms with Crippen LogP contribution in [0.5, 0.6) is 0 Å². The van der Waals surface area contributed by atoms with E-state index in [2.05, 4.69) is 0 Å². The second-order valence-corrected chi connectivity index (χ2v) is 7.33. The van der Waals surface area contributed by atoms with Crippen molar-refractivity contribution in [2.75, 3.05) is 0 Å². The van der Waals surface area contributed by atoms with Gasteiger partial charge in [0.05, 0.1) is 23.2 Å². The highest BCUT2D eigenvalue weighted by atomic mass is 16.7. The summed E-state index contributed by atoms with van der Waals surface area (Å²) in [4.78, 5) is 45.4. The van der Waals surface area contributed by atoms with Crippen molar-refractivity contribution in [3.8, 4) is 0 Å². The number of aliphatic hydroxyl groups is 1. The molecule has 0 aromatic heterocycles. The number of hydroxylamine groups is 2. The van der Waals surface area contributed by atoms with E-state index in [1.54, 1.807) is 60.7 Å². The van der Waals surface area contributed by atoms with Crippen LogP contribution in [-0.4, -0.2) is 51.0 Å². The zero-order valence-corrected chi connectivity index (χ0v) is 15.3. The van der Waals surface area contributed by atoms with Crippen LogP contribution in [-0.2, 0) is 9.63 Å². The Morgan fingerprint density at radius 3 is 2.17 bits per heavy atom. The average molecular weight is 390 g/mol. The third-order valence-corrected chi connectivity index (χ3v) is 5.65. The number of hydrogen-bond acceptors (Lipinski definition) is 5. The van der Waals surface area contributed by atoms with E-state index in [-0.39, 0.29) is 11.8 Å². The second-order valence-electron chi connectivity index (χ2n) is 7.33. The van der Waals surface area contributed by atoms with Gasteiger partial charge in [-0.2, -0.15) is 0 Å². The number of aliphatic hydroxyl groups excluding tert-OH is 1. The Labute approximate surface area is 166 Å². The first-order chi connectivity index (χ1) is 14.1. The Morgan fingerprint density at radius 2 is 1.59 bits per heavy atom. The topological polar surface area (TPSA) is 87.2 Å². The van der Waals surface area contributed by atoms with Gasteiger partial charge in [-0.25, -0.2) is 5.06 Å². The molecule has 7 nitrogen and oxygen atoms in total. The van der Waals surface area contributed by atoms with E-state index in [0.717, 1.165) is 5.06 Å². The van der Waals surface area contributed by atoms with Crippen molar-refractivity contribution in [2.45, 2.75) is 30.7 Å². The largest absolute Gasteiger partial charge is 0.378 e. The summed E-state index contributed by atoms with van der Waals surface area (Å²) in [7, 11) is 0. The molecule has 2 aromatic rings. The van der Waals surface area contributed by atoms with Crippen LogP contribution in [0.15, 0.2) is 66.7 Å². The molecule has 0 radical (unpaired) electrons. The van der Waals surface area contributed by atoms with Gasteiger partial charge in [0.1, 0.15) is 6.10 Å². The number of carbonyl (C=O) groups excluding carboxylic acids is 3. The predicted octanol–water partition coefficient (Wildman–Crippen LogP) is 1.86. The van der Waals surface area contributed by atoms with E-state index in [9.17, 15) is 19.5 Å². The molecule has 3 amide bonds. The number of benzene rings is 2. The number of carbonyl (C=O) groups is 3. The van der Waals surface area contributed by atoms with E-state index in [4.69, 9.17) is 4.84 Å². The fraction of sp³-hybridized carbons (Fsp3) is 0.227. The summed E-state index contributed by atoms with van der Waals surface area (Å²) >= 11 is 0. The summed E-state index contributed by atoms with van der Waals surface area (Å²) in [5.74, 6) is -1.26. The van der Waals surface area contributed by atoms with Crippen molar-refractivity contribution < 1.29 is 24.3 Å². The molecule has 0 unspecified atom stereocenters. The van der Waals surface area contributed by atoms with Gasteiger partial charge in [0.2, 0.25) is 0 Å². The molecule has 2 bridgehead atoms. The van der Waals surface area contributed by atoms with Gasteiger partial charge < -0.3 is 5.11 Å². The minimum Gasteiger partial charge on any atom is -0.378 e. The zero-order chi connectivity index (χ0) is 20.1. The lowest BCUT2D eigenvalue weighted by molar-refractivity contribution is -0.247. The summed E-state index contributed by atoms with van der Waals surface area (Å²) < 4.78 is 0. The summed E-state index contributed by atoms with van der Waals surface area (Å²) in [6.45, 7) is 0. The Morgan fingerprint density at radius 1 is 0.966 bits per heavy atom. The molecule has 1 N–H and O–H groups in total. The molecule has 0 saturated carbocycles. The van der Waals surface area contributed by atoms with Crippen LogP contribution in [0.4, 0.5) is 0 Å². The smallest absolute Gasteiger partial charge is 0.280 e. The van der Waals surface area contributed by atoms with E-state index < -0.39 is 30.2 Å². The highest BCUT2D eigenvalue weighted by Gasteiger charge is 2.50. The normalized spacial score (nSPS) is 26.0. The molecule has 3 aliphatic heterocycles. The fourth-order valence-corrected chi connectivity index (χ4v) is 4.19. The molecule has 146 valence electrons. The monoisotopic (exact) mass is 390 g/mol. The van der Waals surface area contributed by atoms with Gasteiger partial charge in [0.15, 0.2) is 6.10 Å². The highest BCUT2D eigenvalue weighted by molar-refractivity contribution is 6.21. The van der Waals surface area contributed by atoms with E-state index in [1.165, 1.54) is 4.90 Å². The SMILES string of the molecule is O=C([C@@H](O)c1ccccc1)N1O[C@H]2C=C[C@@H]1C[C@@H]2N1C(=O)c2ccccc2C1=O. The molecule has 1 fully saturated rings. The van der Waals surface area contributed by atoms with Crippen molar-refractivity contribution >= 4 is 17.7 Å². The molecular formula is C22H18N2O5. The molecule has 4 atom stereocenters. The molecule has 6 rings (SSSR count). The van der Waals surface area contributed by atoms with Gasteiger partial charge in [0.25, 0.3) is 17.7 Å². The highest BCUT2D eigenvalue weighted by Crippen LogP contribution is 2.36. The molecule has 3 heterocycles. The molecular weight excluding hydrogens is 372 g/mol. The van der Waals surface area contributed by atoms with E-state index >= 15 is 0 Å². The van der Waals surface area contributed by atoms with Gasteiger partial charge in [-0.3, -0.25) is 24.1 Å². The molecule has 0 spiro atoms. The predicted molar refractivity (Wildman–Crippen MR) is 101 cm³/mol. The molecule has 29 heavy (non-hydrogen) atoms. The Bertz CT molecular complexity index is 1000. The van der Waals surface area contributed by atoms with Crippen molar-refractivity contribution in [3.63, 3.8) is 0 Å². The lowest BCUT2D eigenvalue weighted by Crippen LogP contribution is -2.61. The molecule has 1 saturated heterocycles. The average Bonchev–Trinajstić information content (AvgIpc) is 3.04. The number of hydrogen-bond donors (Lipinski definition) is 1. The maximum Gasteiger partial charge on any atom is 0.280 e. The van der Waals surface area contributed by atoms with Gasteiger partial charge in [0, 0.05) is 0 Å². The van der Waals surface area contributed by atoms with Crippen LogP contribution in [0.25, 0.3) is 0 Å². The summed E-state index contributed by atoms with van der Waals surface area (Å²) in [5.41, 5.74) is 1.24. The van der Waals surface area contributed by atoms with Crippen LogP contribution < -0.4 is 0 Å². The van der Waals surface area contributed by atoms with Gasteiger partial charge in [-0.05, 0) is 24.1 Å². The number of rotatable bonds is 3. The summed E-state index contributed by atoms with van der Waals surface area (Å²) in [5, 5.41) is 11.6. The minimum absolute atomic E-state index is 0.345. The van der Waals surface area contributed by atoms with Crippen molar-refractivity contribution in [3.05, 3.63) is 83.4 Å². The number of fused-ring (bicyclic) bond motifs is 3. The minimum atomic E-state index is -1.35. The molecule has 4 aliphatic rings. The maximum absolute atomic E-state index is 12.8. The Kier molecular flexibility index (Phi) is 4.08. The lowest BCUT2D eigenvalue weighted by atomic mass is 9.91. The fourth-order valence-electron chi connectivity index (χ4n) is 4.19. The van der Waals surface area contributed by atoms with Crippen molar-refractivity contribution in [1.82, 2.24) is 9.96 Å². The van der Waals surface area contributed by atoms with E-state index in [1.807, 2.05) is 6.08 Å². The summed E-state index contributed by atoms with van der Waals surface area (Å²) in [6.07, 6.45) is 1.95. The third-order valence-electron chi connectivity index (χ3n) is 5.65. The zero-order valence-electron chi connectivity index (χ0n) is 15.3. The number of amides is 3. The first-order valence-corrected chi connectivity index (χ1v) is 9.44. The van der Waals surface area contributed by atoms with Gasteiger partial charge >= 0.3 is 0 Å². The van der Waals surface area contributed by atoms with Crippen molar-refractivity contribution in [2.24, 2.45) is 0 Å². The molecule has 2 aromatic carbocycles. The third kappa shape index (κ3) is 2.70. The summed E-state index contributed by atoms with van der Waals surface area (Å²) in [6, 6.07) is 14.4. The number of nitrogens with zero attached hydrogens (tertiary/aromatic N) is 2. The van der Waals surface area contributed by atoms with Gasteiger partial charge in [-0.15, -0.1) is 0 Å². The Balaban J connectivity index is 1.37. The molecule has 1 aliphatic carbocycles. The standard InChI is InChI=1S/C22H18N2O5/c25-19(13-6-2-1-3-7-13)22(28)24-14-10-11-18(29-24)17(12-14)23-20(26)15-8-4-5-9-16(15)21(23)27/h1-11,14,17-19,25H,12H2/t14-,17+,18+,19+/m1/s1. The van der Waals surface area contributed by atoms with Gasteiger partial charge in [-0.1, -0.05) is 54.6 Å². The quantitative estimate of drug-likeness (QED) is 0.639. The van der Waals surface area contributed by atoms with Crippen LogP contribution in [0.2, 0.25) is 0 Å². The first kappa shape index (κ1) is 17.8. The van der Waals surface area contributed by atoms with Crippen LogP contribution in [0.1, 0.15) is 38.8 Å². The first-order valence-electron chi connectivity index (χ1n) is 9.44. The lowest BCUT2D eigenvalue weighted by Gasteiger charge is -2.47.